The lowest BCUT2D eigenvalue weighted by Gasteiger charge is -2.19. The summed E-state index contributed by atoms with van der Waals surface area (Å²) in [5.41, 5.74) is 0.486. The number of para-hydroxylation sites is 2. The van der Waals surface area contributed by atoms with E-state index in [0.717, 1.165) is 0 Å². The van der Waals surface area contributed by atoms with Crippen molar-refractivity contribution in [2.45, 2.75) is 31.8 Å². The average molecular weight is 435 g/mol. The first-order valence-corrected chi connectivity index (χ1v) is 10.9. The highest BCUT2D eigenvalue weighted by Crippen LogP contribution is 2.23. The third kappa shape index (κ3) is 5.37. The topological polar surface area (TPSA) is 102 Å². The number of nitrogens with zero attached hydrogens (tertiary/aromatic N) is 1. The van der Waals surface area contributed by atoms with E-state index in [0.29, 0.717) is 24.5 Å². The maximum Gasteiger partial charge on any atom is 0.338 e. The molecule has 1 N–H and O–H groups in total. The molecule has 0 unspecified atom stereocenters. The predicted octanol–water partition coefficient (Wildman–Crippen LogP) is 2.91. The van der Waals surface area contributed by atoms with Gasteiger partial charge in [0.1, 0.15) is 5.75 Å². The highest BCUT2D eigenvalue weighted by atomic mass is 32.2. The van der Waals surface area contributed by atoms with E-state index in [2.05, 4.69) is 5.32 Å². The number of rotatable bonds is 9. The number of nitrogens with one attached hydrogen (secondary N) is 1. The second kappa shape index (κ2) is 10.2. The molecule has 0 fully saturated rings. The summed E-state index contributed by atoms with van der Waals surface area (Å²) >= 11 is 0. The van der Waals surface area contributed by atoms with E-state index < -0.39 is 28.0 Å². The van der Waals surface area contributed by atoms with E-state index >= 15 is 0 Å². The molecule has 0 spiro atoms. The van der Waals surface area contributed by atoms with E-state index in [4.69, 9.17) is 9.47 Å². The minimum absolute atomic E-state index is 0.00761. The zero-order valence-corrected chi connectivity index (χ0v) is 18.2. The van der Waals surface area contributed by atoms with Gasteiger partial charge in [0.25, 0.3) is 5.91 Å². The van der Waals surface area contributed by atoms with Gasteiger partial charge < -0.3 is 14.8 Å². The smallest absolute Gasteiger partial charge is 0.338 e. The number of methoxy groups -OCH3 is 1. The van der Waals surface area contributed by atoms with Crippen molar-refractivity contribution in [3.8, 4) is 5.75 Å². The summed E-state index contributed by atoms with van der Waals surface area (Å²) in [6.45, 7) is 5.53. The first-order chi connectivity index (χ1) is 14.2. The number of benzene rings is 2. The van der Waals surface area contributed by atoms with Gasteiger partial charge in [0.05, 0.1) is 23.3 Å². The van der Waals surface area contributed by atoms with Crippen molar-refractivity contribution in [3.63, 3.8) is 0 Å². The molecule has 162 valence electrons. The molecular weight excluding hydrogens is 408 g/mol. The Labute approximate surface area is 176 Å². The lowest BCUT2D eigenvalue weighted by atomic mass is 10.2. The molecular formula is C21H26N2O6S. The number of carbonyl (C=O) groups is 2. The van der Waals surface area contributed by atoms with Gasteiger partial charge in [-0.2, -0.15) is 4.31 Å². The van der Waals surface area contributed by atoms with Crippen LogP contribution in [0.1, 0.15) is 31.1 Å². The molecule has 1 atom stereocenters. The third-order valence-corrected chi connectivity index (χ3v) is 6.48. The second-order valence-corrected chi connectivity index (χ2v) is 8.29. The Morgan fingerprint density at radius 2 is 1.73 bits per heavy atom. The van der Waals surface area contributed by atoms with Crippen LogP contribution in [0, 0.1) is 0 Å². The summed E-state index contributed by atoms with van der Waals surface area (Å²) in [5.74, 6) is -0.868. The standard InChI is InChI=1S/C21H26N2O6S/c1-5-23(6-2)30(26,27)17-11-9-10-16(14-17)21(25)29-15(3)20(24)22-18-12-7-8-13-19(18)28-4/h7-15H,5-6H2,1-4H3,(H,22,24)/t15-/m1/s1. The largest absolute Gasteiger partial charge is 0.495 e. The fraction of sp³-hybridized carbons (Fsp3) is 0.333. The SMILES string of the molecule is CCN(CC)S(=O)(=O)c1cccc(C(=O)O[C@H](C)C(=O)Nc2ccccc2OC)c1. The van der Waals surface area contributed by atoms with Crippen LogP contribution < -0.4 is 10.1 Å². The fourth-order valence-electron chi connectivity index (χ4n) is 2.76. The van der Waals surface area contributed by atoms with Gasteiger partial charge in [0, 0.05) is 13.1 Å². The molecule has 0 radical (unpaired) electrons. The van der Waals surface area contributed by atoms with Crippen molar-refractivity contribution in [2.75, 3.05) is 25.5 Å². The number of ether oxygens (including phenoxy) is 2. The molecule has 0 aliphatic heterocycles. The zero-order valence-electron chi connectivity index (χ0n) is 17.4. The molecule has 1 amide bonds. The Bertz CT molecular complexity index is 1000. The van der Waals surface area contributed by atoms with Crippen LogP contribution in [0.4, 0.5) is 5.69 Å². The van der Waals surface area contributed by atoms with Gasteiger partial charge in [-0.3, -0.25) is 4.79 Å². The Balaban J connectivity index is 2.13. The Kier molecular flexibility index (Phi) is 7.96. The molecule has 0 aromatic heterocycles. The highest BCUT2D eigenvalue weighted by Gasteiger charge is 2.24. The minimum Gasteiger partial charge on any atom is -0.495 e. The van der Waals surface area contributed by atoms with Crippen LogP contribution in [0.5, 0.6) is 5.75 Å². The maximum atomic E-state index is 12.7. The van der Waals surface area contributed by atoms with Crippen molar-refractivity contribution in [2.24, 2.45) is 0 Å². The number of hydrogen-bond donors (Lipinski definition) is 1. The average Bonchev–Trinajstić information content (AvgIpc) is 2.74. The van der Waals surface area contributed by atoms with Crippen LogP contribution in [0.2, 0.25) is 0 Å². The van der Waals surface area contributed by atoms with Crippen molar-refractivity contribution in [3.05, 3.63) is 54.1 Å². The van der Waals surface area contributed by atoms with Gasteiger partial charge in [0.15, 0.2) is 6.10 Å². The summed E-state index contributed by atoms with van der Waals surface area (Å²) in [5, 5.41) is 2.64. The van der Waals surface area contributed by atoms with Crippen molar-refractivity contribution < 1.29 is 27.5 Å². The first-order valence-electron chi connectivity index (χ1n) is 9.49. The summed E-state index contributed by atoms with van der Waals surface area (Å²) < 4.78 is 37.0. The Morgan fingerprint density at radius 3 is 2.37 bits per heavy atom. The van der Waals surface area contributed by atoms with E-state index in [1.165, 1.54) is 42.6 Å². The van der Waals surface area contributed by atoms with E-state index in [9.17, 15) is 18.0 Å². The molecule has 0 saturated heterocycles. The summed E-state index contributed by atoms with van der Waals surface area (Å²) in [7, 11) is -2.24. The molecule has 2 aromatic rings. The van der Waals surface area contributed by atoms with Crippen LogP contribution >= 0.6 is 0 Å². The van der Waals surface area contributed by atoms with Gasteiger partial charge in [-0.1, -0.05) is 32.0 Å². The molecule has 30 heavy (non-hydrogen) atoms. The number of amides is 1. The van der Waals surface area contributed by atoms with Crippen LogP contribution in [-0.4, -0.2) is 50.9 Å². The van der Waals surface area contributed by atoms with E-state index in [1.807, 2.05) is 0 Å². The van der Waals surface area contributed by atoms with Gasteiger partial charge in [0.2, 0.25) is 10.0 Å². The normalized spacial score (nSPS) is 12.3. The van der Waals surface area contributed by atoms with Crippen molar-refractivity contribution >= 4 is 27.6 Å². The van der Waals surface area contributed by atoms with Gasteiger partial charge in [-0.25, -0.2) is 13.2 Å². The molecule has 0 aliphatic carbocycles. The zero-order chi connectivity index (χ0) is 22.3. The maximum absolute atomic E-state index is 12.7. The van der Waals surface area contributed by atoms with E-state index in [-0.39, 0.29) is 10.5 Å². The number of hydrogen-bond acceptors (Lipinski definition) is 6. The van der Waals surface area contributed by atoms with E-state index in [1.54, 1.807) is 38.1 Å². The Hall–Kier alpha value is -2.91. The van der Waals surface area contributed by atoms with Crippen molar-refractivity contribution in [1.82, 2.24) is 4.31 Å². The molecule has 9 heteroatoms. The molecule has 2 aromatic carbocycles. The van der Waals surface area contributed by atoms with Crippen molar-refractivity contribution in [1.29, 1.82) is 0 Å². The Morgan fingerprint density at radius 1 is 1.07 bits per heavy atom. The van der Waals surface area contributed by atoms with Gasteiger partial charge >= 0.3 is 5.97 Å². The molecule has 0 bridgehead atoms. The monoisotopic (exact) mass is 434 g/mol. The highest BCUT2D eigenvalue weighted by molar-refractivity contribution is 7.89. The molecule has 8 nitrogen and oxygen atoms in total. The lowest BCUT2D eigenvalue weighted by molar-refractivity contribution is -0.123. The quantitative estimate of drug-likeness (QED) is 0.609. The third-order valence-electron chi connectivity index (χ3n) is 4.43. The minimum atomic E-state index is -3.72. The number of sulfonamides is 1. The first kappa shape index (κ1) is 23.4. The number of anilines is 1. The predicted molar refractivity (Wildman–Crippen MR) is 113 cm³/mol. The molecule has 0 heterocycles. The molecule has 0 saturated carbocycles. The number of esters is 1. The second-order valence-electron chi connectivity index (χ2n) is 6.35. The molecule has 0 aliphatic rings. The van der Waals surface area contributed by atoms with Gasteiger partial charge in [-0.05, 0) is 37.3 Å². The number of carbonyl (C=O) groups excluding carboxylic acids is 2. The summed E-state index contributed by atoms with van der Waals surface area (Å²) in [4.78, 5) is 24.9. The lowest BCUT2D eigenvalue weighted by Crippen LogP contribution is -2.31. The summed E-state index contributed by atoms with van der Waals surface area (Å²) in [6, 6.07) is 12.4. The summed E-state index contributed by atoms with van der Waals surface area (Å²) in [6.07, 6.45) is -1.11. The van der Waals surface area contributed by atoms with Crippen LogP contribution in [0.25, 0.3) is 0 Å². The molecule has 2 rings (SSSR count). The fourth-order valence-corrected chi connectivity index (χ4v) is 4.26. The van der Waals surface area contributed by atoms with Crippen LogP contribution in [0.3, 0.4) is 0 Å². The van der Waals surface area contributed by atoms with Crippen LogP contribution in [-0.2, 0) is 19.6 Å². The van der Waals surface area contributed by atoms with Crippen LogP contribution in [0.15, 0.2) is 53.4 Å². The van der Waals surface area contributed by atoms with Gasteiger partial charge in [-0.15, -0.1) is 0 Å².